The number of anilines is 1. The highest BCUT2D eigenvalue weighted by atomic mass is 32.2. The zero-order chi connectivity index (χ0) is 33.9. The predicted molar refractivity (Wildman–Crippen MR) is 181 cm³/mol. The fraction of sp³-hybridized carbons (Fsp3) is 0.500. The topological polar surface area (TPSA) is 122 Å². The molecule has 2 amide bonds. The molecule has 2 heterocycles. The zero-order valence-electron chi connectivity index (χ0n) is 28.3. The van der Waals surface area contributed by atoms with Crippen molar-refractivity contribution in [2.24, 2.45) is 16.7 Å². The number of hydrogen-bond acceptors (Lipinski definition) is 7. The predicted octanol–water partition coefficient (Wildman–Crippen LogP) is 5.85. The number of ether oxygens (including phenoxy) is 1. The van der Waals surface area contributed by atoms with Crippen LogP contribution in [0.1, 0.15) is 74.4 Å². The molecule has 3 aliphatic rings. The van der Waals surface area contributed by atoms with Crippen LogP contribution in [0.5, 0.6) is 5.88 Å². The third-order valence-electron chi connectivity index (χ3n) is 9.84. The Balaban J connectivity index is 1.41. The van der Waals surface area contributed by atoms with Gasteiger partial charge in [0.1, 0.15) is 6.61 Å². The first-order valence-corrected chi connectivity index (χ1v) is 17.8. The van der Waals surface area contributed by atoms with Crippen LogP contribution in [0.25, 0.3) is 11.3 Å². The van der Waals surface area contributed by atoms with Gasteiger partial charge in [-0.25, -0.2) is 18.1 Å². The van der Waals surface area contributed by atoms with E-state index >= 15 is 0 Å². The number of aromatic nitrogens is 2. The van der Waals surface area contributed by atoms with Crippen molar-refractivity contribution in [1.29, 1.82) is 0 Å². The van der Waals surface area contributed by atoms with Crippen molar-refractivity contribution in [3.05, 3.63) is 65.2 Å². The van der Waals surface area contributed by atoms with Crippen molar-refractivity contribution in [2.75, 3.05) is 25.4 Å². The average Bonchev–Trinajstić information content (AvgIpc) is 2.94. The van der Waals surface area contributed by atoms with E-state index in [0.717, 1.165) is 42.4 Å². The number of fused-ring (bicyclic) bond motifs is 4. The van der Waals surface area contributed by atoms with Crippen molar-refractivity contribution >= 4 is 27.8 Å². The Kier molecular flexibility index (Phi) is 8.35. The molecule has 2 aliphatic carbocycles. The standard InChI is InChI=1S/C36H45N5O5S/c1-22-10-8-11-23(2)31(22)29-15-30-38-34(37-29)39-47(44,45)28-13-9-12-24(14-28)33(43)41(27(21-46-30)18-35(3,4)5)26-19-36(20-26)16-25(17-36)32(42)40(6)7/h8-15,25-27H,16-21H2,1-7H3,(H,37,38,39)/t25?,26?,27-,36?/m1/s1. The quantitative estimate of drug-likeness (QED) is 0.373. The van der Waals surface area contributed by atoms with Gasteiger partial charge >= 0.3 is 0 Å². The van der Waals surface area contributed by atoms with Gasteiger partial charge in [-0.3, -0.25) is 9.59 Å². The van der Waals surface area contributed by atoms with Crippen LogP contribution in [-0.4, -0.2) is 72.8 Å². The van der Waals surface area contributed by atoms with Gasteiger partial charge in [-0.1, -0.05) is 45.0 Å². The smallest absolute Gasteiger partial charge is 0.264 e. The lowest BCUT2D eigenvalue weighted by Crippen LogP contribution is -2.62. The van der Waals surface area contributed by atoms with E-state index in [9.17, 15) is 18.0 Å². The summed E-state index contributed by atoms with van der Waals surface area (Å²) < 4.78 is 36.3. The second-order valence-corrected chi connectivity index (χ2v) is 16.8. The number of carbonyl (C=O) groups excluding carboxylic acids is 2. The molecular weight excluding hydrogens is 614 g/mol. The lowest BCUT2D eigenvalue weighted by atomic mass is 9.49. The molecule has 2 aromatic carbocycles. The van der Waals surface area contributed by atoms with Gasteiger partial charge in [0.15, 0.2) is 0 Å². The molecule has 47 heavy (non-hydrogen) atoms. The van der Waals surface area contributed by atoms with Crippen LogP contribution in [0.3, 0.4) is 0 Å². The van der Waals surface area contributed by atoms with Crippen LogP contribution in [-0.2, 0) is 14.8 Å². The maximum atomic E-state index is 14.5. The maximum Gasteiger partial charge on any atom is 0.264 e. The number of aryl methyl sites for hydroxylation is 2. The van der Waals surface area contributed by atoms with Gasteiger partial charge in [0, 0.05) is 43.2 Å². The zero-order valence-corrected chi connectivity index (χ0v) is 29.1. The highest BCUT2D eigenvalue weighted by Gasteiger charge is 2.57. The molecule has 0 unspecified atom stereocenters. The Morgan fingerprint density at radius 3 is 2.32 bits per heavy atom. The molecule has 250 valence electrons. The van der Waals surface area contributed by atoms with Crippen LogP contribution in [0.4, 0.5) is 5.95 Å². The molecule has 2 saturated carbocycles. The van der Waals surface area contributed by atoms with Crippen molar-refractivity contribution in [2.45, 2.75) is 83.7 Å². The molecule has 3 aromatic rings. The van der Waals surface area contributed by atoms with Crippen molar-refractivity contribution in [1.82, 2.24) is 19.8 Å². The number of sulfonamides is 1. The lowest BCUT2D eigenvalue weighted by molar-refractivity contribution is -0.151. The van der Waals surface area contributed by atoms with Crippen LogP contribution in [0.15, 0.2) is 53.4 Å². The van der Waals surface area contributed by atoms with Crippen LogP contribution < -0.4 is 9.46 Å². The number of benzene rings is 2. The number of hydrogen-bond donors (Lipinski definition) is 1. The normalized spacial score (nSPS) is 25.2. The molecule has 1 aliphatic heterocycles. The van der Waals surface area contributed by atoms with E-state index in [0.29, 0.717) is 17.7 Å². The average molecular weight is 660 g/mol. The van der Waals surface area contributed by atoms with E-state index in [1.165, 1.54) is 12.1 Å². The van der Waals surface area contributed by atoms with Gasteiger partial charge in [-0.2, -0.15) is 4.98 Å². The first-order chi connectivity index (χ1) is 22.0. The molecule has 1 N–H and O–H groups in total. The summed E-state index contributed by atoms with van der Waals surface area (Å²) in [6, 6.07) is 13.5. The van der Waals surface area contributed by atoms with E-state index in [4.69, 9.17) is 4.74 Å². The molecule has 1 spiro atoms. The fourth-order valence-electron chi connectivity index (χ4n) is 7.77. The monoisotopic (exact) mass is 659 g/mol. The molecule has 1 atom stereocenters. The van der Waals surface area contributed by atoms with Crippen LogP contribution in [0, 0.1) is 30.6 Å². The Labute approximate surface area is 278 Å². The Morgan fingerprint density at radius 2 is 1.68 bits per heavy atom. The third-order valence-corrected chi connectivity index (χ3v) is 11.2. The molecule has 4 bridgehead atoms. The van der Waals surface area contributed by atoms with Gasteiger partial charge in [-0.15, -0.1) is 0 Å². The number of nitrogens with one attached hydrogen (secondary N) is 1. The minimum Gasteiger partial charge on any atom is -0.475 e. The van der Waals surface area contributed by atoms with Crippen LogP contribution >= 0.6 is 0 Å². The summed E-state index contributed by atoms with van der Waals surface area (Å²) in [4.78, 5) is 39.8. The van der Waals surface area contributed by atoms with E-state index in [1.807, 2.05) is 36.9 Å². The molecule has 0 radical (unpaired) electrons. The number of carbonyl (C=O) groups is 2. The van der Waals surface area contributed by atoms with Gasteiger partial charge < -0.3 is 14.5 Å². The summed E-state index contributed by atoms with van der Waals surface area (Å²) in [7, 11) is -0.560. The van der Waals surface area contributed by atoms with Gasteiger partial charge in [0.25, 0.3) is 15.9 Å². The molecule has 1 aromatic heterocycles. The molecule has 0 saturated heterocycles. The maximum absolute atomic E-state index is 14.5. The molecule has 10 nitrogen and oxygen atoms in total. The largest absolute Gasteiger partial charge is 0.475 e. The molecule has 2 fully saturated rings. The molecule has 6 rings (SSSR count). The van der Waals surface area contributed by atoms with E-state index in [1.54, 1.807) is 37.2 Å². The molecular formula is C36H45N5O5S. The van der Waals surface area contributed by atoms with E-state index in [2.05, 4.69) is 35.5 Å². The highest BCUT2D eigenvalue weighted by molar-refractivity contribution is 7.92. The summed E-state index contributed by atoms with van der Waals surface area (Å²) in [5.74, 6) is 0.0774. The van der Waals surface area contributed by atoms with Gasteiger partial charge in [0.2, 0.25) is 17.7 Å². The number of nitrogens with zero attached hydrogens (tertiary/aromatic N) is 4. The number of amides is 2. The fourth-order valence-corrected chi connectivity index (χ4v) is 8.76. The van der Waals surface area contributed by atoms with Crippen molar-refractivity contribution in [3.8, 4) is 17.1 Å². The number of rotatable bonds is 4. The lowest BCUT2D eigenvalue weighted by Gasteiger charge is -2.60. The van der Waals surface area contributed by atoms with Gasteiger partial charge in [-0.05, 0) is 86.1 Å². The SMILES string of the molecule is Cc1cccc(C)c1-c1cc2nc(n1)NS(=O)(=O)c1cccc(c1)C(=O)N(C1CC3(CC(C(=O)N(C)C)C3)C1)[C@H](CC(C)(C)C)CO2. The van der Waals surface area contributed by atoms with Crippen LogP contribution in [0.2, 0.25) is 0 Å². The highest BCUT2D eigenvalue weighted by Crippen LogP contribution is 2.60. The second-order valence-electron chi connectivity index (χ2n) is 15.2. The summed E-state index contributed by atoms with van der Waals surface area (Å²) in [6.45, 7) is 10.6. The van der Waals surface area contributed by atoms with Crippen molar-refractivity contribution in [3.63, 3.8) is 0 Å². The minimum atomic E-state index is -4.14. The van der Waals surface area contributed by atoms with Crippen molar-refractivity contribution < 1.29 is 22.7 Å². The third kappa shape index (κ3) is 6.59. The summed E-state index contributed by atoms with van der Waals surface area (Å²) in [6.07, 6.45) is 3.90. The second kappa shape index (κ2) is 11.9. The first kappa shape index (κ1) is 32.9. The minimum absolute atomic E-state index is 0.0258. The summed E-state index contributed by atoms with van der Waals surface area (Å²) >= 11 is 0. The van der Waals surface area contributed by atoms with E-state index < -0.39 is 10.0 Å². The van der Waals surface area contributed by atoms with E-state index in [-0.39, 0.29) is 64.0 Å². The summed E-state index contributed by atoms with van der Waals surface area (Å²) in [5.41, 5.74) is 3.59. The first-order valence-electron chi connectivity index (χ1n) is 16.3. The summed E-state index contributed by atoms with van der Waals surface area (Å²) in [5, 5.41) is 0. The Morgan fingerprint density at radius 1 is 1.02 bits per heavy atom. The Bertz CT molecular complexity index is 1800. The Hall–Kier alpha value is -3.99. The molecule has 11 heteroatoms. The van der Waals surface area contributed by atoms with Gasteiger partial charge in [0.05, 0.1) is 16.6 Å².